The topological polar surface area (TPSA) is 28.2 Å². The van der Waals surface area contributed by atoms with E-state index in [1.807, 2.05) is 0 Å². The maximum Gasteiger partial charge on any atom is 0.141 e. The summed E-state index contributed by atoms with van der Waals surface area (Å²) in [6, 6.07) is 3.45. The van der Waals surface area contributed by atoms with Crippen LogP contribution >= 0.6 is 0 Å². The van der Waals surface area contributed by atoms with Crippen molar-refractivity contribution in [2.75, 3.05) is 26.7 Å². The molecule has 0 aliphatic heterocycles. The molecule has 0 bridgehead atoms. The third-order valence-electron chi connectivity index (χ3n) is 3.45. The predicted octanol–water partition coefficient (Wildman–Crippen LogP) is 3.24. The molecule has 114 valence electrons. The van der Waals surface area contributed by atoms with Crippen molar-refractivity contribution >= 4 is 0 Å². The van der Waals surface area contributed by atoms with Crippen LogP contribution in [0.4, 0.5) is 4.39 Å². The van der Waals surface area contributed by atoms with Crippen LogP contribution in [-0.4, -0.2) is 36.6 Å². The van der Waals surface area contributed by atoms with Crippen LogP contribution in [-0.2, 0) is 0 Å². The van der Waals surface area contributed by atoms with E-state index in [0.717, 1.165) is 37.7 Å². The zero-order valence-electron chi connectivity index (χ0n) is 13.2. The van der Waals surface area contributed by atoms with E-state index in [1.165, 1.54) is 18.7 Å². The first-order valence-corrected chi connectivity index (χ1v) is 7.56. The van der Waals surface area contributed by atoms with Gasteiger partial charge in [-0.15, -0.1) is 0 Å². The lowest BCUT2D eigenvalue weighted by Crippen LogP contribution is -2.28. The minimum absolute atomic E-state index is 0.196. The highest BCUT2D eigenvalue weighted by Gasteiger charge is 2.13. The second-order valence-electron chi connectivity index (χ2n) is 5.79. The summed E-state index contributed by atoms with van der Waals surface area (Å²) in [5.41, 5.74) is 0.922. The minimum atomic E-state index is -0.280. The van der Waals surface area contributed by atoms with E-state index in [2.05, 4.69) is 43.0 Å². The first kappa shape index (κ1) is 17.1. The summed E-state index contributed by atoms with van der Waals surface area (Å²) in [5.74, 6) is 0.457. The Morgan fingerprint density at radius 1 is 1.25 bits per heavy atom. The summed E-state index contributed by atoms with van der Waals surface area (Å²) in [6.07, 6.45) is 3.50. The number of nitrogens with one attached hydrogen (secondary N) is 1. The highest BCUT2D eigenvalue weighted by atomic mass is 19.1. The molecule has 1 rings (SSSR count). The van der Waals surface area contributed by atoms with Gasteiger partial charge in [-0.25, -0.2) is 4.39 Å². The van der Waals surface area contributed by atoms with E-state index in [4.69, 9.17) is 0 Å². The molecule has 0 aliphatic rings. The van der Waals surface area contributed by atoms with Crippen LogP contribution < -0.4 is 5.32 Å². The Morgan fingerprint density at radius 3 is 2.50 bits per heavy atom. The van der Waals surface area contributed by atoms with E-state index in [-0.39, 0.29) is 11.9 Å². The predicted molar refractivity (Wildman–Crippen MR) is 82.2 cm³/mol. The van der Waals surface area contributed by atoms with E-state index in [1.54, 1.807) is 6.07 Å². The second-order valence-corrected chi connectivity index (χ2v) is 5.79. The van der Waals surface area contributed by atoms with Crippen LogP contribution in [0.2, 0.25) is 0 Å². The number of hydrogen-bond acceptors (Lipinski definition) is 3. The van der Waals surface area contributed by atoms with Crippen molar-refractivity contribution < 1.29 is 4.39 Å². The van der Waals surface area contributed by atoms with E-state index in [9.17, 15) is 4.39 Å². The molecular weight excluding hydrogens is 253 g/mol. The van der Waals surface area contributed by atoms with Gasteiger partial charge in [0.05, 0.1) is 17.9 Å². The molecule has 0 radical (unpaired) electrons. The molecule has 3 nitrogen and oxygen atoms in total. The number of aromatic nitrogens is 1. The van der Waals surface area contributed by atoms with Crippen molar-refractivity contribution in [3.63, 3.8) is 0 Å². The lowest BCUT2D eigenvalue weighted by atomic mass is 10.1. The van der Waals surface area contributed by atoms with Crippen molar-refractivity contribution in [3.8, 4) is 0 Å². The van der Waals surface area contributed by atoms with E-state index < -0.39 is 0 Å². The molecule has 20 heavy (non-hydrogen) atoms. The van der Waals surface area contributed by atoms with E-state index >= 15 is 0 Å². The van der Waals surface area contributed by atoms with Crippen LogP contribution in [0.5, 0.6) is 0 Å². The normalized spacial score (nSPS) is 13.2. The highest BCUT2D eigenvalue weighted by Crippen LogP contribution is 2.15. The summed E-state index contributed by atoms with van der Waals surface area (Å²) in [4.78, 5) is 6.55. The molecule has 0 saturated heterocycles. The summed E-state index contributed by atoms with van der Waals surface area (Å²) in [7, 11) is 2.16. The fourth-order valence-electron chi connectivity index (χ4n) is 2.13. The number of nitrogens with zero attached hydrogens (tertiary/aromatic N) is 2. The molecule has 1 aromatic heterocycles. The first-order valence-electron chi connectivity index (χ1n) is 7.56. The Morgan fingerprint density at radius 2 is 1.95 bits per heavy atom. The highest BCUT2D eigenvalue weighted by molar-refractivity contribution is 5.09. The Labute approximate surface area is 122 Å². The molecule has 1 atom stereocenters. The first-order chi connectivity index (χ1) is 9.52. The second kappa shape index (κ2) is 9.03. The van der Waals surface area contributed by atoms with Crippen LogP contribution in [0.3, 0.4) is 0 Å². The summed E-state index contributed by atoms with van der Waals surface area (Å²) < 4.78 is 12.9. The SMILES string of the molecule is CCNC(CCN(C)CCC(C)C)c1ccc(F)cn1. The minimum Gasteiger partial charge on any atom is -0.309 e. The number of pyridine rings is 1. The zero-order valence-corrected chi connectivity index (χ0v) is 13.2. The standard InChI is InChI=1S/C16H28FN3/c1-5-18-16(15-7-6-14(17)12-19-15)9-11-20(4)10-8-13(2)3/h6-7,12-13,16,18H,5,8-11H2,1-4H3. The largest absolute Gasteiger partial charge is 0.309 e. The Kier molecular flexibility index (Phi) is 7.70. The molecule has 4 heteroatoms. The van der Waals surface area contributed by atoms with Crippen molar-refractivity contribution in [1.29, 1.82) is 0 Å². The van der Waals surface area contributed by atoms with Gasteiger partial charge in [0.2, 0.25) is 0 Å². The lowest BCUT2D eigenvalue weighted by molar-refractivity contribution is 0.289. The molecule has 0 aromatic carbocycles. The van der Waals surface area contributed by atoms with Gasteiger partial charge in [-0.2, -0.15) is 0 Å². The van der Waals surface area contributed by atoms with Crippen molar-refractivity contribution in [1.82, 2.24) is 15.2 Å². The molecule has 0 spiro atoms. The summed E-state index contributed by atoms with van der Waals surface area (Å²) in [6.45, 7) is 9.60. The van der Waals surface area contributed by atoms with Gasteiger partial charge in [-0.05, 0) is 57.6 Å². The summed E-state index contributed by atoms with van der Waals surface area (Å²) >= 11 is 0. The average molecular weight is 281 g/mol. The maximum absolute atomic E-state index is 12.9. The monoisotopic (exact) mass is 281 g/mol. The van der Waals surface area contributed by atoms with Crippen LogP contribution in [0.1, 0.15) is 45.3 Å². The average Bonchev–Trinajstić information content (AvgIpc) is 2.42. The van der Waals surface area contributed by atoms with Gasteiger partial charge in [0, 0.05) is 0 Å². The van der Waals surface area contributed by atoms with Crippen LogP contribution in [0, 0.1) is 11.7 Å². The van der Waals surface area contributed by atoms with Crippen molar-refractivity contribution in [2.45, 2.75) is 39.7 Å². The molecular formula is C16H28FN3. The molecule has 0 saturated carbocycles. The van der Waals surface area contributed by atoms with Crippen LogP contribution in [0.15, 0.2) is 18.3 Å². The van der Waals surface area contributed by atoms with Gasteiger partial charge in [0.15, 0.2) is 0 Å². The molecule has 1 heterocycles. The number of halogens is 1. The van der Waals surface area contributed by atoms with Crippen LogP contribution in [0.25, 0.3) is 0 Å². The Balaban J connectivity index is 2.48. The molecule has 1 unspecified atom stereocenters. The number of hydrogen-bond donors (Lipinski definition) is 1. The van der Waals surface area contributed by atoms with Gasteiger partial charge < -0.3 is 10.2 Å². The third kappa shape index (κ3) is 6.44. The molecule has 0 aliphatic carbocycles. The maximum atomic E-state index is 12.9. The van der Waals surface area contributed by atoms with Gasteiger partial charge in [0.1, 0.15) is 5.82 Å². The molecule has 0 fully saturated rings. The van der Waals surface area contributed by atoms with Gasteiger partial charge in [0.25, 0.3) is 0 Å². The van der Waals surface area contributed by atoms with E-state index in [0.29, 0.717) is 0 Å². The van der Waals surface area contributed by atoms with Gasteiger partial charge in [-0.3, -0.25) is 4.98 Å². The molecule has 0 amide bonds. The molecule has 1 N–H and O–H groups in total. The quantitative estimate of drug-likeness (QED) is 0.753. The molecule has 1 aromatic rings. The smallest absolute Gasteiger partial charge is 0.141 e. The zero-order chi connectivity index (χ0) is 15.0. The Bertz CT molecular complexity index is 364. The van der Waals surface area contributed by atoms with Crippen molar-refractivity contribution in [2.24, 2.45) is 5.92 Å². The van der Waals surface area contributed by atoms with Crippen molar-refractivity contribution in [3.05, 3.63) is 29.8 Å². The summed E-state index contributed by atoms with van der Waals surface area (Å²) in [5, 5.41) is 3.43. The van der Waals surface area contributed by atoms with Gasteiger partial charge in [-0.1, -0.05) is 20.8 Å². The fourth-order valence-corrected chi connectivity index (χ4v) is 2.13. The lowest BCUT2D eigenvalue weighted by Gasteiger charge is -2.22. The van der Waals surface area contributed by atoms with Gasteiger partial charge >= 0.3 is 0 Å². The third-order valence-corrected chi connectivity index (χ3v) is 3.45. The number of rotatable bonds is 9. The fraction of sp³-hybridized carbons (Fsp3) is 0.688. The Hall–Kier alpha value is -1.00.